The van der Waals surface area contributed by atoms with E-state index in [1.807, 2.05) is 19.1 Å². The van der Waals surface area contributed by atoms with Crippen LogP contribution in [0.2, 0.25) is 0 Å². The van der Waals surface area contributed by atoms with Crippen molar-refractivity contribution >= 4 is 22.3 Å². The van der Waals surface area contributed by atoms with Gasteiger partial charge in [0, 0.05) is 35.9 Å². The SMILES string of the molecule is Cc1cc(N2CCC(OC3CCCCC3)CC2)c2cccc([N+](=O)[O-])c2n1. The Bertz CT molecular complexity index is 825. The van der Waals surface area contributed by atoms with Crippen molar-refractivity contribution in [1.29, 1.82) is 0 Å². The van der Waals surface area contributed by atoms with Crippen molar-refractivity contribution in [1.82, 2.24) is 4.98 Å². The molecule has 1 saturated heterocycles. The van der Waals surface area contributed by atoms with Crippen LogP contribution in [-0.2, 0) is 4.74 Å². The molecule has 1 aromatic heterocycles. The minimum absolute atomic E-state index is 0.0768. The van der Waals surface area contributed by atoms with Crippen LogP contribution in [-0.4, -0.2) is 35.2 Å². The first-order chi connectivity index (χ1) is 13.1. The van der Waals surface area contributed by atoms with Crippen molar-refractivity contribution in [2.24, 2.45) is 0 Å². The van der Waals surface area contributed by atoms with Crippen LogP contribution in [0.15, 0.2) is 24.3 Å². The second-order valence-electron chi connectivity index (χ2n) is 7.80. The summed E-state index contributed by atoms with van der Waals surface area (Å²) in [6.07, 6.45) is 9.15. The number of aromatic nitrogens is 1. The smallest absolute Gasteiger partial charge is 0.295 e. The van der Waals surface area contributed by atoms with E-state index in [2.05, 4.69) is 9.88 Å². The standard InChI is InChI=1S/C21H27N3O3/c1-15-14-20(18-8-5-9-19(24(25)26)21(18)22-15)23-12-10-17(11-13-23)27-16-6-3-2-4-7-16/h5,8-9,14,16-17H,2-4,6-7,10-13H2,1H3. The molecule has 6 heteroatoms. The number of benzene rings is 1. The first-order valence-electron chi connectivity index (χ1n) is 10.1. The molecule has 2 heterocycles. The van der Waals surface area contributed by atoms with E-state index in [0.717, 1.165) is 42.7 Å². The number of ether oxygens (including phenoxy) is 1. The van der Waals surface area contributed by atoms with Gasteiger partial charge in [-0.1, -0.05) is 31.4 Å². The number of rotatable bonds is 4. The van der Waals surface area contributed by atoms with E-state index in [4.69, 9.17) is 4.74 Å². The highest BCUT2D eigenvalue weighted by Crippen LogP contribution is 2.34. The highest BCUT2D eigenvalue weighted by molar-refractivity contribution is 5.97. The monoisotopic (exact) mass is 369 g/mol. The fourth-order valence-corrected chi connectivity index (χ4v) is 4.45. The number of nitrogens with zero attached hydrogens (tertiary/aromatic N) is 3. The number of anilines is 1. The molecule has 0 N–H and O–H groups in total. The van der Waals surface area contributed by atoms with Gasteiger partial charge in [0.1, 0.15) is 0 Å². The molecule has 0 bridgehead atoms. The Labute approximate surface area is 159 Å². The number of nitro benzene ring substituents is 1. The van der Waals surface area contributed by atoms with Crippen LogP contribution in [0.25, 0.3) is 10.9 Å². The van der Waals surface area contributed by atoms with Gasteiger partial charge in [0.2, 0.25) is 0 Å². The Hall–Kier alpha value is -2.21. The van der Waals surface area contributed by atoms with Crippen LogP contribution in [0.5, 0.6) is 0 Å². The molecule has 0 unspecified atom stereocenters. The minimum Gasteiger partial charge on any atom is -0.375 e. The van der Waals surface area contributed by atoms with E-state index >= 15 is 0 Å². The Morgan fingerprint density at radius 1 is 1.11 bits per heavy atom. The van der Waals surface area contributed by atoms with Gasteiger partial charge in [-0.05, 0) is 38.7 Å². The van der Waals surface area contributed by atoms with Crippen LogP contribution < -0.4 is 4.90 Å². The van der Waals surface area contributed by atoms with E-state index in [1.165, 1.54) is 38.2 Å². The maximum absolute atomic E-state index is 11.4. The lowest BCUT2D eigenvalue weighted by atomic mass is 9.97. The average molecular weight is 369 g/mol. The molecule has 2 aliphatic rings. The van der Waals surface area contributed by atoms with Crippen molar-refractivity contribution < 1.29 is 9.66 Å². The molecular formula is C21H27N3O3. The number of nitro groups is 1. The molecule has 27 heavy (non-hydrogen) atoms. The first-order valence-corrected chi connectivity index (χ1v) is 10.1. The molecule has 2 fully saturated rings. The molecule has 6 nitrogen and oxygen atoms in total. The number of hydrogen-bond donors (Lipinski definition) is 0. The predicted octanol–water partition coefficient (Wildman–Crippen LogP) is 4.77. The number of para-hydroxylation sites is 1. The number of hydrogen-bond acceptors (Lipinski definition) is 5. The average Bonchev–Trinajstić information content (AvgIpc) is 2.68. The van der Waals surface area contributed by atoms with Crippen LogP contribution in [0.3, 0.4) is 0 Å². The van der Waals surface area contributed by atoms with Gasteiger partial charge in [-0.15, -0.1) is 0 Å². The molecule has 0 amide bonds. The van der Waals surface area contributed by atoms with Crippen molar-refractivity contribution in [3.63, 3.8) is 0 Å². The van der Waals surface area contributed by atoms with Gasteiger partial charge >= 0.3 is 0 Å². The number of non-ortho nitro benzene ring substituents is 1. The molecular weight excluding hydrogens is 342 g/mol. The van der Waals surface area contributed by atoms with E-state index < -0.39 is 0 Å². The highest BCUT2D eigenvalue weighted by Gasteiger charge is 2.26. The van der Waals surface area contributed by atoms with Gasteiger partial charge in [-0.25, -0.2) is 4.98 Å². The molecule has 4 rings (SSSR count). The lowest BCUT2D eigenvalue weighted by molar-refractivity contribution is -0.383. The van der Waals surface area contributed by atoms with Crippen LogP contribution in [0, 0.1) is 17.0 Å². The minimum atomic E-state index is -0.344. The third kappa shape index (κ3) is 3.90. The quantitative estimate of drug-likeness (QED) is 0.573. The van der Waals surface area contributed by atoms with Gasteiger partial charge < -0.3 is 9.64 Å². The van der Waals surface area contributed by atoms with Gasteiger partial charge in [-0.3, -0.25) is 10.1 Å². The van der Waals surface area contributed by atoms with E-state index in [0.29, 0.717) is 17.7 Å². The third-order valence-corrected chi connectivity index (χ3v) is 5.84. The number of piperidine rings is 1. The molecule has 1 aliphatic carbocycles. The third-order valence-electron chi connectivity index (χ3n) is 5.84. The summed E-state index contributed by atoms with van der Waals surface area (Å²) in [5.41, 5.74) is 2.43. The fourth-order valence-electron chi connectivity index (χ4n) is 4.45. The summed E-state index contributed by atoms with van der Waals surface area (Å²) in [6, 6.07) is 7.27. The zero-order chi connectivity index (χ0) is 18.8. The van der Waals surface area contributed by atoms with Gasteiger partial charge in [0.25, 0.3) is 5.69 Å². The molecule has 0 spiro atoms. The molecule has 0 radical (unpaired) electrons. The Kier molecular flexibility index (Phi) is 5.25. The van der Waals surface area contributed by atoms with Crippen LogP contribution >= 0.6 is 0 Å². The van der Waals surface area contributed by atoms with E-state index in [9.17, 15) is 10.1 Å². The largest absolute Gasteiger partial charge is 0.375 e. The normalized spacial score (nSPS) is 19.5. The fraction of sp³-hybridized carbons (Fsp3) is 0.571. The molecule has 1 aromatic carbocycles. The lowest BCUT2D eigenvalue weighted by Crippen LogP contribution is -2.39. The molecule has 1 saturated carbocycles. The molecule has 144 valence electrons. The molecule has 1 aliphatic heterocycles. The summed E-state index contributed by atoms with van der Waals surface area (Å²) in [7, 11) is 0. The molecule has 2 aromatic rings. The topological polar surface area (TPSA) is 68.5 Å². The summed E-state index contributed by atoms with van der Waals surface area (Å²) in [5.74, 6) is 0. The second-order valence-corrected chi connectivity index (χ2v) is 7.80. The van der Waals surface area contributed by atoms with Crippen molar-refractivity contribution in [2.45, 2.75) is 64.1 Å². The number of aryl methyl sites for hydroxylation is 1. The highest BCUT2D eigenvalue weighted by atomic mass is 16.6. The Morgan fingerprint density at radius 3 is 2.52 bits per heavy atom. The first kappa shape index (κ1) is 18.2. The second kappa shape index (κ2) is 7.80. The molecule has 0 atom stereocenters. The zero-order valence-electron chi connectivity index (χ0n) is 15.9. The summed E-state index contributed by atoms with van der Waals surface area (Å²) < 4.78 is 6.35. The summed E-state index contributed by atoms with van der Waals surface area (Å²) >= 11 is 0. The van der Waals surface area contributed by atoms with Crippen molar-refractivity contribution in [3.8, 4) is 0 Å². The Morgan fingerprint density at radius 2 is 1.81 bits per heavy atom. The van der Waals surface area contributed by atoms with Crippen molar-refractivity contribution in [3.05, 3.63) is 40.1 Å². The summed E-state index contributed by atoms with van der Waals surface area (Å²) in [4.78, 5) is 17.8. The zero-order valence-corrected chi connectivity index (χ0v) is 15.9. The van der Waals surface area contributed by atoms with Crippen LogP contribution in [0.1, 0.15) is 50.6 Å². The van der Waals surface area contributed by atoms with E-state index in [1.54, 1.807) is 6.07 Å². The maximum Gasteiger partial charge on any atom is 0.295 e. The summed E-state index contributed by atoms with van der Waals surface area (Å²) in [5, 5.41) is 12.2. The number of pyridine rings is 1. The summed E-state index contributed by atoms with van der Waals surface area (Å²) in [6.45, 7) is 3.73. The van der Waals surface area contributed by atoms with Gasteiger partial charge in [0.05, 0.1) is 17.1 Å². The van der Waals surface area contributed by atoms with Crippen LogP contribution in [0.4, 0.5) is 11.4 Å². The number of fused-ring (bicyclic) bond motifs is 1. The van der Waals surface area contributed by atoms with Crippen molar-refractivity contribution in [2.75, 3.05) is 18.0 Å². The van der Waals surface area contributed by atoms with Gasteiger partial charge in [-0.2, -0.15) is 0 Å². The maximum atomic E-state index is 11.4. The lowest BCUT2D eigenvalue weighted by Gasteiger charge is -2.36. The Balaban J connectivity index is 1.52. The van der Waals surface area contributed by atoms with Gasteiger partial charge in [0.15, 0.2) is 5.52 Å². The predicted molar refractivity (Wildman–Crippen MR) is 106 cm³/mol. The van der Waals surface area contributed by atoms with E-state index in [-0.39, 0.29) is 10.6 Å².